The van der Waals surface area contributed by atoms with Crippen molar-refractivity contribution in [1.29, 1.82) is 0 Å². The van der Waals surface area contributed by atoms with E-state index in [1.807, 2.05) is 19.1 Å². The zero-order valence-corrected chi connectivity index (χ0v) is 21.3. The molecule has 9 nitrogen and oxygen atoms in total. The normalized spacial score (nSPS) is 15.0. The van der Waals surface area contributed by atoms with E-state index in [1.54, 1.807) is 12.1 Å². The number of sulfonamides is 2. The van der Waals surface area contributed by atoms with Crippen LogP contribution in [0.4, 0.5) is 11.4 Å². The first-order valence-electron chi connectivity index (χ1n) is 11.1. The Morgan fingerprint density at radius 1 is 1.03 bits per heavy atom. The van der Waals surface area contributed by atoms with Crippen LogP contribution in [0.25, 0.3) is 0 Å². The number of amides is 1. The summed E-state index contributed by atoms with van der Waals surface area (Å²) in [5.74, 6) is -0.422. The molecule has 1 amide bonds. The van der Waals surface area contributed by atoms with Crippen LogP contribution in [0.5, 0.6) is 5.75 Å². The lowest BCUT2D eigenvalue weighted by Gasteiger charge is -2.27. The van der Waals surface area contributed by atoms with Gasteiger partial charge in [-0.05, 0) is 55.2 Å². The standard InChI is InChI=1S/C23H31N3O6S2/c1-4-18-8-11-20(12-9-18)26(33(3,28)29)17-23(27)24-19-10-13-21(32-2)22(16-19)34(30,31)25-14-6-5-7-15-25/h8-13,16H,4-7,14-15,17H2,1-3H3,(H,24,27). The summed E-state index contributed by atoms with van der Waals surface area (Å²) in [6, 6.07) is 11.3. The van der Waals surface area contributed by atoms with E-state index in [0.29, 0.717) is 18.8 Å². The number of carbonyl (C=O) groups is 1. The van der Waals surface area contributed by atoms with Crippen molar-refractivity contribution in [2.24, 2.45) is 0 Å². The molecule has 0 spiro atoms. The molecule has 2 aromatic carbocycles. The van der Waals surface area contributed by atoms with Crippen molar-refractivity contribution < 1.29 is 26.4 Å². The number of hydrogen-bond acceptors (Lipinski definition) is 6. The third-order valence-corrected chi connectivity index (χ3v) is 8.76. The number of methoxy groups -OCH3 is 1. The number of hydrogen-bond donors (Lipinski definition) is 1. The van der Waals surface area contributed by atoms with Crippen LogP contribution in [0.2, 0.25) is 0 Å². The lowest BCUT2D eigenvalue weighted by molar-refractivity contribution is -0.114. The second-order valence-electron chi connectivity index (χ2n) is 8.17. The van der Waals surface area contributed by atoms with Gasteiger partial charge in [0.2, 0.25) is 26.0 Å². The highest BCUT2D eigenvalue weighted by Gasteiger charge is 2.29. The quantitative estimate of drug-likeness (QED) is 0.556. The first-order chi connectivity index (χ1) is 16.1. The molecular formula is C23H31N3O6S2. The van der Waals surface area contributed by atoms with Gasteiger partial charge in [-0.15, -0.1) is 0 Å². The van der Waals surface area contributed by atoms with E-state index in [9.17, 15) is 21.6 Å². The molecular weight excluding hydrogens is 478 g/mol. The van der Waals surface area contributed by atoms with Crippen LogP contribution in [-0.2, 0) is 31.3 Å². The van der Waals surface area contributed by atoms with Crippen molar-refractivity contribution in [2.45, 2.75) is 37.5 Å². The molecule has 1 N–H and O–H groups in total. The van der Waals surface area contributed by atoms with Crippen LogP contribution in [0, 0.1) is 0 Å². The Balaban J connectivity index is 1.83. The molecule has 1 aliphatic heterocycles. The zero-order valence-electron chi connectivity index (χ0n) is 19.7. The fourth-order valence-electron chi connectivity index (χ4n) is 3.83. The summed E-state index contributed by atoms with van der Waals surface area (Å²) in [6.07, 6.45) is 4.40. The van der Waals surface area contributed by atoms with Crippen molar-refractivity contribution in [3.05, 3.63) is 48.0 Å². The highest BCUT2D eigenvalue weighted by atomic mass is 32.2. The van der Waals surface area contributed by atoms with Crippen LogP contribution < -0.4 is 14.4 Å². The molecule has 1 aliphatic rings. The maximum Gasteiger partial charge on any atom is 0.246 e. The molecule has 1 saturated heterocycles. The van der Waals surface area contributed by atoms with Gasteiger partial charge in [-0.3, -0.25) is 9.10 Å². The number of rotatable bonds is 9. The highest BCUT2D eigenvalue weighted by Crippen LogP contribution is 2.31. The van der Waals surface area contributed by atoms with E-state index in [2.05, 4.69) is 5.32 Å². The van der Waals surface area contributed by atoms with E-state index in [0.717, 1.165) is 41.8 Å². The number of ether oxygens (including phenoxy) is 1. The van der Waals surface area contributed by atoms with Gasteiger partial charge in [0.15, 0.2) is 0 Å². The predicted octanol–water partition coefficient (Wildman–Crippen LogP) is 2.84. The summed E-state index contributed by atoms with van der Waals surface area (Å²) in [4.78, 5) is 12.7. The molecule has 0 unspecified atom stereocenters. The number of benzene rings is 2. The molecule has 1 fully saturated rings. The zero-order chi connectivity index (χ0) is 24.9. The molecule has 34 heavy (non-hydrogen) atoms. The minimum atomic E-state index is -3.81. The van der Waals surface area contributed by atoms with E-state index in [1.165, 1.54) is 29.6 Å². The maximum absolute atomic E-state index is 13.2. The molecule has 0 atom stereocenters. The summed E-state index contributed by atoms with van der Waals surface area (Å²) >= 11 is 0. The van der Waals surface area contributed by atoms with Crippen molar-refractivity contribution in [3.8, 4) is 5.75 Å². The van der Waals surface area contributed by atoms with Crippen molar-refractivity contribution >= 4 is 37.3 Å². The Kier molecular flexibility index (Phi) is 8.21. The van der Waals surface area contributed by atoms with Gasteiger partial charge in [-0.2, -0.15) is 4.31 Å². The molecule has 0 radical (unpaired) electrons. The summed E-state index contributed by atoms with van der Waals surface area (Å²) in [6.45, 7) is 2.40. The fourth-order valence-corrected chi connectivity index (χ4v) is 6.38. The van der Waals surface area contributed by atoms with Gasteiger partial charge < -0.3 is 10.1 Å². The van der Waals surface area contributed by atoms with Crippen LogP contribution in [-0.4, -0.2) is 60.0 Å². The summed E-state index contributed by atoms with van der Waals surface area (Å²) < 4.78 is 58.8. The average Bonchev–Trinajstić information content (AvgIpc) is 2.82. The Bertz CT molecular complexity index is 1220. The summed E-state index contributed by atoms with van der Waals surface area (Å²) in [5, 5.41) is 2.62. The summed E-state index contributed by atoms with van der Waals surface area (Å²) in [5.41, 5.74) is 1.65. The number of nitrogens with one attached hydrogen (secondary N) is 1. The Hall–Kier alpha value is -2.63. The van der Waals surface area contributed by atoms with Crippen molar-refractivity contribution in [1.82, 2.24) is 4.31 Å². The highest BCUT2D eigenvalue weighted by molar-refractivity contribution is 7.92. The predicted molar refractivity (Wildman–Crippen MR) is 132 cm³/mol. The van der Waals surface area contributed by atoms with Gasteiger partial charge >= 0.3 is 0 Å². The number of carbonyl (C=O) groups excluding carboxylic acids is 1. The largest absolute Gasteiger partial charge is 0.495 e. The van der Waals surface area contributed by atoms with Gasteiger partial charge in [-0.25, -0.2) is 16.8 Å². The lowest BCUT2D eigenvalue weighted by Crippen LogP contribution is -2.37. The van der Waals surface area contributed by atoms with Gasteiger partial charge in [0.1, 0.15) is 17.2 Å². The van der Waals surface area contributed by atoms with Gasteiger partial charge in [0.05, 0.1) is 19.1 Å². The van der Waals surface area contributed by atoms with E-state index >= 15 is 0 Å². The molecule has 186 valence electrons. The number of nitrogens with zero attached hydrogens (tertiary/aromatic N) is 2. The van der Waals surface area contributed by atoms with Crippen molar-refractivity contribution in [3.63, 3.8) is 0 Å². The van der Waals surface area contributed by atoms with Gasteiger partial charge in [0, 0.05) is 18.8 Å². The molecule has 0 saturated carbocycles. The first kappa shape index (κ1) is 26.0. The average molecular weight is 510 g/mol. The van der Waals surface area contributed by atoms with Gasteiger partial charge in [0.25, 0.3) is 0 Å². The second-order valence-corrected chi connectivity index (χ2v) is 12.0. The molecule has 0 aromatic heterocycles. The van der Waals surface area contributed by atoms with Crippen LogP contribution in [0.3, 0.4) is 0 Å². The van der Waals surface area contributed by atoms with E-state index in [4.69, 9.17) is 4.74 Å². The molecule has 0 bridgehead atoms. The number of anilines is 2. The molecule has 1 heterocycles. The number of piperidine rings is 1. The number of aryl methyl sites for hydroxylation is 1. The Labute approximate surface area is 201 Å². The Morgan fingerprint density at radius 3 is 2.24 bits per heavy atom. The minimum absolute atomic E-state index is 0.0372. The Morgan fingerprint density at radius 2 is 1.68 bits per heavy atom. The second kappa shape index (κ2) is 10.7. The third-order valence-electron chi connectivity index (χ3n) is 5.70. The van der Waals surface area contributed by atoms with Crippen LogP contribution in [0.1, 0.15) is 31.7 Å². The SMILES string of the molecule is CCc1ccc(N(CC(=O)Nc2ccc(OC)c(S(=O)(=O)N3CCCCC3)c2)S(C)(=O)=O)cc1. The van der Waals surface area contributed by atoms with Crippen LogP contribution in [0.15, 0.2) is 47.4 Å². The van der Waals surface area contributed by atoms with Crippen molar-refractivity contribution in [2.75, 3.05) is 42.6 Å². The monoisotopic (exact) mass is 509 g/mol. The molecule has 11 heteroatoms. The molecule has 0 aliphatic carbocycles. The maximum atomic E-state index is 13.2. The smallest absolute Gasteiger partial charge is 0.246 e. The molecule has 3 rings (SSSR count). The lowest BCUT2D eigenvalue weighted by atomic mass is 10.1. The van der Waals surface area contributed by atoms with Gasteiger partial charge in [-0.1, -0.05) is 25.5 Å². The fraction of sp³-hybridized carbons (Fsp3) is 0.435. The molecule has 2 aromatic rings. The van der Waals surface area contributed by atoms with E-state index < -0.39 is 32.5 Å². The van der Waals surface area contributed by atoms with E-state index in [-0.39, 0.29) is 16.3 Å². The topological polar surface area (TPSA) is 113 Å². The third kappa shape index (κ3) is 6.08. The minimum Gasteiger partial charge on any atom is -0.495 e. The van der Waals surface area contributed by atoms with Crippen LogP contribution >= 0.6 is 0 Å². The first-order valence-corrected chi connectivity index (χ1v) is 14.4. The summed E-state index contributed by atoms with van der Waals surface area (Å²) in [7, 11) is -6.15.